The van der Waals surface area contributed by atoms with Gasteiger partial charge in [-0.05, 0) is 0 Å². The van der Waals surface area contributed by atoms with Gasteiger partial charge in [0.25, 0.3) is 0 Å². The van der Waals surface area contributed by atoms with Crippen LogP contribution < -0.4 is 4.90 Å². The summed E-state index contributed by atoms with van der Waals surface area (Å²) in [5, 5.41) is 0.698. The van der Waals surface area contributed by atoms with Crippen molar-refractivity contribution < 1.29 is 18.0 Å². The van der Waals surface area contributed by atoms with Gasteiger partial charge in [-0.3, -0.25) is 9.69 Å². The molecule has 0 aromatic carbocycles. The minimum Gasteiger partial charge on any atom is -0.346 e. The van der Waals surface area contributed by atoms with Gasteiger partial charge in [0.05, 0.1) is 17.6 Å². The molecule has 18 heavy (non-hydrogen) atoms. The molecule has 4 nitrogen and oxygen atoms in total. The van der Waals surface area contributed by atoms with Gasteiger partial charge in [0, 0.05) is 26.2 Å². The smallest absolute Gasteiger partial charge is 0.346 e. The average molecular weight is 279 g/mol. The number of aldehydes is 1. The molecular weight excluding hydrogens is 267 g/mol. The van der Waals surface area contributed by atoms with Crippen molar-refractivity contribution in [2.75, 3.05) is 37.6 Å². The molecule has 1 fully saturated rings. The fraction of sp³-hybridized carbons (Fsp3) is 0.600. The lowest BCUT2D eigenvalue weighted by Gasteiger charge is -2.34. The van der Waals surface area contributed by atoms with Crippen molar-refractivity contribution in [3.8, 4) is 0 Å². The highest BCUT2D eigenvalue weighted by molar-refractivity contribution is 7.17. The second kappa shape index (κ2) is 5.23. The van der Waals surface area contributed by atoms with Crippen LogP contribution >= 0.6 is 11.3 Å². The van der Waals surface area contributed by atoms with E-state index in [4.69, 9.17) is 0 Å². The normalized spacial score (nSPS) is 18.1. The maximum atomic E-state index is 12.2. The number of nitrogens with zero attached hydrogens (tertiary/aromatic N) is 3. The second-order valence-corrected chi connectivity index (χ2v) is 5.08. The van der Waals surface area contributed by atoms with E-state index in [1.807, 2.05) is 4.90 Å². The first-order chi connectivity index (χ1) is 8.48. The fourth-order valence-corrected chi connectivity index (χ4v) is 2.61. The first kappa shape index (κ1) is 13.3. The second-order valence-electron chi connectivity index (χ2n) is 4.04. The summed E-state index contributed by atoms with van der Waals surface area (Å²) < 4.78 is 36.6. The van der Waals surface area contributed by atoms with Crippen molar-refractivity contribution in [2.24, 2.45) is 0 Å². The largest absolute Gasteiger partial charge is 0.401 e. The Kier molecular flexibility index (Phi) is 3.86. The van der Waals surface area contributed by atoms with Crippen molar-refractivity contribution in [3.63, 3.8) is 0 Å². The molecule has 1 aromatic rings. The minimum atomic E-state index is -4.14. The van der Waals surface area contributed by atoms with Crippen LogP contribution in [0, 0.1) is 0 Å². The van der Waals surface area contributed by atoms with E-state index in [-0.39, 0.29) is 0 Å². The van der Waals surface area contributed by atoms with Gasteiger partial charge in [0.15, 0.2) is 11.4 Å². The molecule has 1 aliphatic rings. The molecular formula is C10H12F3N3OS. The third-order valence-electron chi connectivity index (χ3n) is 2.67. The molecule has 0 aliphatic carbocycles. The Morgan fingerprint density at radius 1 is 1.33 bits per heavy atom. The third kappa shape index (κ3) is 3.42. The number of hydrogen-bond acceptors (Lipinski definition) is 5. The van der Waals surface area contributed by atoms with E-state index in [0.29, 0.717) is 36.2 Å². The monoisotopic (exact) mass is 279 g/mol. The number of carbonyl (C=O) groups is 1. The van der Waals surface area contributed by atoms with Gasteiger partial charge in [-0.1, -0.05) is 11.3 Å². The molecule has 0 atom stereocenters. The molecule has 0 saturated carbocycles. The quantitative estimate of drug-likeness (QED) is 0.788. The average Bonchev–Trinajstić information content (AvgIpc) is 2.76. The molecule has 2 rings (SSSR count). The van der Waals surface area contributed by atoms with Gasteiger partial charge in [0.2, 0.25) is 0 Å². The maximum Gasteiger partial charge on any atom is 0.401 e. The lowest BCUT2D eigenvalue weighted by atomic mass is 10.3. The van der Waals surface area contributed by atoms with Crippen LogP contribution in [0.25, 0.3) is 0 Å². The Morgan fingerprint density at radius 3 is 2.50 bits per heavy atom. The summed E-state index contributed by atoms with van der Waals surface area (Å²) in [6.07, 6.45) is -1.94. The predicted molar refractivity (Wildman–Crippen MR) is 62.2 cm³/mol. The van der Waals surface area contributed by atoms with Crippen molar-refractivity contribution in [1.82, 2.24) is 9.88 Å². The van der Waals surface area contributed by atoms with Gasteiger partial charge in [-0.2, -0.15) is 13.2 Å². The Bertz CT molecular complexity index is 413. The van der Waals surface area contributed by atoms with Crippen molar-refractivity contribution in [2.45, 2.75) is 6.18 Å². The molecule has 8 heteroatoms. The van der Waals surface area contributed by atoms with Gasteiger partial charge < -0.3 is 4.90 Å². The topological polar surface area (TPSA) is 36.4 Å². The molecule has 0 bridgehead atoms. The zero-order valence-electron chi connectivity index (χ0n) is 9.48. The first-order valence-electron chi connectivity index (χ1n) is 5.43. The van der Waals surface area contributed by atoms with E-state index in [9.17, 15) is 18.0 Å². The number of alkyl halides is 3. The Labute approximate surface area is 106 Å². The number of hydrogen-bond donors (Lipinski definition) is 0. The molecule has 2 heterocycles. The van der Waals surface area contributed by atoms with Gasteiger partial charge in [-0.15, -0.1) is 0 Å². The number of thiazole rings is 1. The highest BCUT2D eigenvalue weighted by atomic mass is 32.1. The van der Waals surface area contributed by atoms with Gasteiger partial charge in [-0.25, -0.2) is 4.98 Å². The summed E-state index contributed by atoms with van der Waals surface area (Å²) in [5.74, 6) is 0. The molecule has 0 radical (unpaired) electrons. The van der Waals surface area contributed by atoms with Crippen LogP contribution in [0.5, 0.6) is 0 Å². The summed E-state index contributed by atoms with van der Waals surface area (Å²) in [7, 11) is 0. The van der Waals surface area contributed by atoms with Crippen LogP contribution in [0.15, 0.2) is 6.20 Å². The molecule has 1 aromatic heterocycles. The van der Waals surface area contributed by atoms with E-state index in [1.54, 1.807) is 0 Å². The fourth-order valence-electron chi connectivity index (χ4n) is 1.83. The molecule has 0 amide bonds. The zero-order valence-corrected chi connectivity index (χ0v) is 10.3. The molecule has 1 aliphatic heterocycles. The SMILES string of the molecule is O=Cc1cnc(N2CCN(CC(F)(F)F)CC2)s1. The van der Waals surface area contributed by atoms with E-state index in [0.717, 1.165) is 6.29 Å². The Hall–Kier alpha value is -1.15. The maximum absolute atomic E-state index is 12.2. The van der Waals surface area contributed by atoms with Crippen LogP contribution in [0.4, 0.5) is 18.3 Å². The van der Waals surface area contributed by atoms with Crippen LogP contribution in [-0.4, -0.2) is 55.1 Å². The summed E-state index contributed by atoms with van der Waals surface area (Å²) in [5.41, 5.74) is 0. The molecule has 0 N–H and O–H groups in total. The van der Waals surface area contributed by atoms with E-state index < -0.39 is 12.7 Å². The van der Waals surface area contributed by atoms with E-state index in [1.165, 1.54) is 22.4 Å². The van der Waals surface area contributed by atoms with Crippen LogP contribution in [0.3, 0.4) is 0 Å². The summed E-state index contributed by atoms with van der Waals surface area (Å²) in [6, 6.07) is 0. The highest BCUT2D eigenvalue weighted by Gasteiger charge is 2.32. The van der Waals surface area contributed by atoms with E-state index >= 15 is 0 Å². The number of halogens is 3. The van der Waals surface area contributed by atoms with Gasteiger partial charge in [0.1, 0.15) is 0 Å². The summed E-state index contributed by atoms with van der Waals surface area (Å²) in [6.45, 7) is 0.854. The minimum absolute atomic E-state index is 0.357. The first-order valence-corrected chi connectivity index (χ1v) is 6.24. The van der Waals surface area contributed by atoms with E-state index in [2.05, 4.69) is 4.98 Å². The van der Waals surface area contributed by atoms with Crippen molar-refractivity contribution in [1.29, 1.82) is 0 Å². The Balaban J connectivity index is 1.88. The van der Waals surface area contributed by atoms with Crippen molar-refractivity contribution >= 4 is 22.8 Å². The summed E-state index contributed by atoms with van der Waals surface area (Å²) >= 11 is 1.26. The van der Waals surface area contributed by atoms with Crippen LogP contribution in [0.2, 0.25) is 0 Å². The predicted octanol–water partition coefficient (Wildman–Crippen LogP) is 1.64. The number of aromatic nitrogens is 1. The molecule has 0 spiro atoms. The number of piperazine rings is 1. The third-order valence-corrected chi connectivity index (χ3v) is 3.66. The summed E-state index contributed by atoms with van der Waals surface area (Å²) in [4.78, 5) is 18.4. The van der Waals surface area contributed by atoms with Crippen molar-refractivity contribution in [3.05, 3.63) is 11.1 Å². The Morgan fingerprint density at radius 2 is 2.00 bits per heavy atom. The standard InChI is InChI=1S/C10H12F3N3OS/c11-10(12,13)7-15-1-3-16(4-2-15)9-14-5-8(6-17)18-9/h5-6H,1-4,7H2. The molecule has 1 saturated heterocycles. The molecule has 0 unspecified atom stereocenters. The number of rotatable bonds is 3. The van der Waals surface area contributed by atoms with Crippen LogP contribution in [0.1, 0.15) is 9.67 Å². The lowest BCUT2D eigenvalue weighted by Crippen LogP contribution is -2.49. The number of anilines is 1. The van der Waals surface area contributed by atoms with Gasteiger partial charge >= 0.3 is 6.18 Å². The lowest BCUT2D eigenvalue weighted by molar-refractivity contribution is -0.146. The van der Waals surface area contributed by atoms with Crippen LogP contribution in [-0.2, 0) is 0 Å². The molecule has 100 valence electrons. The number of carbonyl (C=O) groups excluding carboxylic acids is 1. The zero-order chi connectivity index (χ0) is 13.2. The highest BCUT2D eigenvalue weighted by Crippen LogP contribution is 2.23.